The number of aliphatic hydroxyl groups excluding tert-OH is 2. The van der Waals surface area contributed by atoms with Gasteiger partial charge in [0.2, 0.25) is 0 Å². The fraction of sp³-hybridized carbons (Fsp3) is 0.701. The van der Waals surface area contributed by atoms with Crippen molar-refractivity contribution >= 4 is 23.9 Å². The molecule has 1 aliphatic heterocycles. The van der Waals surface area contributed by atoms with Gasteiger partial charge in [0, 0.05) is 19.3 Å². The first kappa shape index (κ1) is 72.7. The number of rotatable bonds is 52. The summed E-state index contributed by atoms with van der Waals surface area (Å²) in [6.07, 6.45) is 59.4. The minimum absolute atomic E-state index is 0.0474. The van der Waals surface area contributed by atoms with Crippen molar-refractivity contribution < 1.29 is 58.2 Å². The highest BCUT2D eigenvalue weighted by Crippen LogP contribution is 2.26. The van der Waals surface area contributed by atoms with Crippen molar-refractivity contribution in [2.75, 3.05) is 13.2 Å². The Morgan fingerprint density at radius 3 is 1.23 bits per heavy atom. The fourth-order valence-corrected chi connectivity index (χ4v) is 8.90. The van der Waals surface area contributed by atoms with Crippen molar-refractivity contribution in [2.45, 2.75) is 289 Å². The second-order valence-electron chi connectivity index (χ2n) is 20.9. The topological polar surface area (TPSA) is 175 Å². The van der Waals surface area contributed by atoms with Gasteiger partial charge in [-0.2, -0.15) is 0 Å². The minimum atomic E-state index is -1.91. The third kappa shape index (κ3) is 44.0. The van der Waals surface area contributed by atoms with Gasteiger partial charge >= 0.3 is 23.9 Å². The summed E-state index contributed by atoms with van der Waals surface area (Å²) in [4.78, 5) is 51.2. The number of carboxylic acids is 1. The lowest BCUT2D eigenvalue weighted by Crippen LogP contribution is -2.61. The molecular formula is C67H110O12. The van der Waals surface area contributed by atoms with E-state index in [1.807, 2.05) is 0 Å². The SMILES string of the molecule is CC/C=C\C/C=C\C/C=C\C/C=C\CCCCCCC(=O)OCC(COC1OC(C(=O)O)C(O)C(O)C1OC(=O)CCCCCCCCC/C=C\CCCCCCCC)OC(=O)CCCCCCC/C=C\C/C=C\C/C=C\CC. The second kappa shape index (κ2) is 54.2. The quantitative estimate of drug-likeness (QED) is 0.0228. The van der Waals surface area contributed by atoms with E-state index in [1.54, 1.807) is 0 Å². The van der Waals surface area contributed by atoms with Gasteiger partial charge in [0.05, 0.1) is 6.61 Å². The molecule has 6 atom stereocenters. The van der Waals surface area contributed by atoms with E-state index in [9.17, 15) is 34.5 Å². The molecule has 1 aliphatic rings. The molecule has 0 radical (unpaired) electrons. The van der Waals surface area contributed by atoms with Gasteiger partial charge in [-0.15, -0.1) is 0 Å². The summed E-state index contributed by atoms with van der Waals surface area (Å²) in [6.45, 7) is 5.74. The normalized spacial score (nSPS) is 18.5. The third-order valence-electron chi connectivity index (χ3n) is 13.6. The van der Waals surface area contributed by atoms with Gasteiger partial charge in [0.1, 0.15) is 18.8 Å². The number of carbonyl (C=O) groups excluding carboxylic acids is 3. The lowest BCUT2D eigenvalue weighted by atomic mass is 9.98. The maximum absolute atomic E-state index is 13.2. The summed E-state index contributed by atoms with van der Waals surface area (Å²) in [6, 6.07) is 0. The van der Waals surface area contributed by atoms with Gasteiger partial charge in [-0.25, -0.2) is 4.79 Å². The monoisotopic (exact) mass is 1110 g/mol. The van der Waals surface area contributed by atoms with Crippen molar-refractivity contribution in [1.29, 1.82) is 0 Å². The number of carboxylic acid groups (broad SMARTS) is 1. The van der Waals surface area contributed by atoms with E-state index in [1.165, 1.54) is 51.4 Å². The van der Waals surface area contributed by atoms with Crippen LogP contribution < -0.4 is 0 Å². The number of aliphatic carboxylic acids is 1. The molecule has 1 heterocycles. The highest BCUT2D eigenvalue weighted by Gasteiger charge is 2.50. The molecule has 79 heavy (non-hydrogen) atoms. The molecule has 12 heteroatoms. The molecule has 0 aliphatic carbocycles. The predicted molar refractivity (Wildman–Crippen MR) is 321 cm³/mol. The highest BCUT2D eigenvalue weighted by molar-refractivity contribution is 5.74. The van der Waals surface area contributed by atoms with Crippen molar-refractivity contribution in [2.24, 2.45) is 0 Å². The lowest BCUT2D eigenvalue weighted by Gasteiger charge is -2.40. The van der Waals surface area contributed by atoms with Crippen LogP contribution in [0, 0.1) is 0 Å². The summed E-state index contributed by atoms with van der Waals surface area (Å²) in [5.74, 6) is -3.18. The molecule has 1 saturated heterocycles. The molecule has 0 aromatic heterocycles. The van der Waals surface area contributed by atoms with Crippen LogP contribution in [0.4, 0.5) is 0 Å². The van der Waals surface area contributed by atoms with Crippen LogP contribution >= 0.6 is 0 Å². The number of hydrogen-bond donors (Lipinski definition) is 3. The number of ether oxygens (including phenoxy) is 5. The zero-order valence-corrected chi connectivity index (χ0v) is 49.6. The summed E-state index contributed by atoms with van der Waals surface area (Å²) in [5.41, 5.74) is 0. The van der Waals surface area contributed by atoms with Gasteiger partial charge < -0.3 is 39.0 Å². The zero-order chi connectivity index (χ0) is 57.5. The van der Waals surface area contributed by atoms with Crippen LogP contribution in [-0.2, 0) is 42.9 Å². The van der Waals surface area contributed by atoms with Crippen molar-refractivity contribution in [3.63, 3.8) is 0 Å². The van der Waals surface area contributed by atoms with Crippen molar-refractivity contribution in [1.82, 2.24) is 0 Å². The highest BCUT2D eigenvalue weighted by atomic mass is 16.7. The number of carbonyl (C=O) groups is 4. The molecule has 1 rings (SSSR count). The number of aliphatic hydroxyl groups is 2. The number of hydrogen-bond acceptors (Lipinski definition) is 11. The van der Waals surface area contributed by atoms with E-state index in [2.05, 4.69) is 118 Å². The zero-order valence-electron chi connectivity index (χ0n) is 49.6. The molecule has 0 bridgehead atoms. The lowest BCUT2D eigenvalue weighted by molar-refractivity contribution is -0.301. The van der Waals surface area contributed by atoms with E-state index < -0.39 is 67.3 Å². The standard InChI is InChI=1S/C67H110O12/c1-4-7-10-13-16-19-22-25-28-30-33-35-38-41-44-47-50-53-59(68)75-56-58(77-60(69)54-51-48-45-42-39-36-32-27-24-21-18-15-12-9-6-3)57-76-67-65(63(72)62(71)64(79-67)66(73)74)78-61(70)55-52-49-46-43-40-37-34-31-29-26-23-20-17-14-11-8-5-2/h7,9-10,12,16,18-19,21,25-29,32-33,35,58,62-65,67,71-72H,4-6,8,11,13-15,17,20,22-24,30-31,34,36-57H2,1-3H3,(H,73,74)/b10-7-,12-9-,19-16-,21-18-,28-25-,29-26-,32-27-,35-33-. The average Bonchev–Trinajstić information content (AvgIpc) is 3.47. The Kier molecular flexibility index (Phi) is 49.9. The van der Waals surface area contributed by atoms with Gasteiger partial charge in [0.15, 0.2) is 24.6 Å². The number of unbranched alkanes of at least 4 members (excludes halogenated alkanes) is 22. The molecule has 0 aromatic carbocycles. The smallest absolute Gasteiger partial charge is 0.335 e. The van der Waals surface area contributed by atoms with Gasteiger partial charge in [-0.05, 0) is 116 Å². The Bertz CT molecular complexity index is 1740. The van der Waals surface area contributed by atoms with Crippen LogP contribution in [0.5, 0.6) is 0 Å². The van der Waals surface area contributed by atoms with E-state index in [0.717, 1.165) is 141 Å². The maximum atomic E-state index is 13.2. The summed E-state index contributed by atoms with van der Waals surface area (Å²) in [7, 11) is 0. The van der Waals surface area contributed by atoms with Crippen LogP contribution in [0.1, 0.15) is 252 Å². The largest absolute Gasteiger partial charge is 0.479 e. The van der Waals surface area contributed by atoms with Crippen LogP contribution in [0.25, 0.3) is 0 Å². The van der Waals surface area contributed by atoms with E-state index in [0.29, 0.717) is 19.3 Å². The Labute approximate surface area is 479 Å². The minimum Gasteiger partial charge on any atom is -0.479 e. The maximum Gasteiger partial charge on any atom is 0.335 e. The van der Waals surface area contributed by atoms with Crippen LogP contribution in [0.3, 0.4) is 0 Å². The Hall–Kier alpha value is -4.36. The molecule has 0 aromatic rings. The van der Waals surface area contributed by atoms with Crippen molar-refractivity contribution in [3.05, 3.63) is 97.2 Å². The Morgan fingerprint density at radius 2 is 0.797 bits per heavy atom. The van der Waals surface area contributed by atoms with E-state index >= 15 is 0 Å². The van der Waals surface area contributed by atoms with E-state index in [4.69, 9.17) is 23.7 Å². The number of allylic oxidation sites excluding steroid dienone is 16. The molecule has 0 saturated carbocycles. The van der Waals surface area contributed by atoms with E-state index in [-0.39, 0.29) is 25.9 Å². The second-order valence-corrected chi connectivity index (χ2v) is 20.9. The first-order valence-corrected chi connectivity index (χ1v) is 31.2. The third-order valence-corrected chi connectivity index (χ3v) is 13.6. The number of esters is 3. The van der Waals surface area contributed by atoms with Crippen molar-refractivity contribution in [3.8, 4) is 0 Å². The average molecular weight is 1110 g/mol. The molecule has 450 valence electrons. The summed E-state index contributed by atoms with van der Waals surface area (Å²) >= 11 is 0. The molecule has 6 unspecified atom stereocenters. The van der Waals surface area contributed by atoms with Gasteiger partial charge in [-0.1, -0.05) is 214 Å². The first-order chi connectivity index (χ1) is 38.6. The van der Waals surface area contributed by atoms with Crippen LogP contribution in [0.2, 0.25) is 0 Å². The molecule has 3 N–H and O–H groups in total. The molecule has 0 amide bonds. The summed E-state index contributed by atoms with van der Waals surface area (Å²) in [5, 5.41) is 31.6. The fourth-order valence-electron chi connectivity index (χ4n) is 8.90. The molecule has 1 fully saturated rings. The van der Waals surface area contributed by atoms with Gasteiger partial charge in [0.25, 0.3) is 0 Å². The summed E-state index contributed by atoms with van der Waals surface area (Å²) < 4.78 is 28.5. The molecular weight excluding hydrogens is 997 g/mol. The first-order valence-electron chi connectivity index (χ1n) is 31.2. The van der Waals surface area contributed by atoms with Gasteiger partial charge in [-0.3, -0.25) is 14.4 Å². The Balaban J connectivity index is 2.70. The Morgan fingerprint density at radius 1 is 0.430 bits per heavy atom. The molecule has 0 spiro atoms. The van der Waals surface area contributed by atoms with Crippen LogP contribution in [0.15, 0.2) is 97.2 Å². The molecule has 12 nitrogen and oxygen atoms in total. The van der Waals surface area contributed by atoms with Crippen LogP contribution in [-0.4, -0.2) is 89.2 Å². The predicted octanol–water partition coefficient (Wildman–Crippen LogP) is 16.5.